The van der Waals surface area contributed by atoms with Crippen molar-refractivity contribution in [1.29, 1.82) is 0 Å². The van der Waals surface area contributed by atoms with E-state index in [0.717, 1.165) is 28.2 Å². The van der Waals surface area contributed by atoms with Gasteiger partial charge in [0.2, 0.25) is 5.91 Å². The summed E-state index contributed by atoms with van der Waals surface area (Å²) in [6, 6.07) is 9.51. The van der Waals surface area contributed by atoms with Gasteiger partial charge in [0.05, 0.1) is 25.8 Å². The first-order valence-corrected chi connectivity index (χ1v) is 9.75. The van der Waals surface area contributed by atoms with Crippen LogP contribution in [0.25, 0.3) is 11.1 Å². The van der Waals surface area contributed by atoms with Crippen molar-refractivity contribution in [3.05, 3.63) is 53.6 Å². The highest BCUT2D eigenvalue weighted by atomic mass is 35.5. The Labute approximate surface area is 178 Å². The minimum Gasteiger partial charge on any atom is -0.497 e. The summed E-state index contributed by atoms with van der Waals surface area (Å²) >= 11 is 6.51. The van der Waals surface area contributed by atoms with E-state index in [9.17, 15) is 4.79 Å². The lowest BCUT2D eigenvalue weighted by atomic mass is 9.99. The number of fused-ring (bicyclic) bond motifs is 1. The van der Waals surface area contributed by atoms with E-state index in [2.05, 4.69) is 15.4 Å². The van der Waals surface area contributed by atoms with Crippen molar-refractivity contribution in [2.24, 2.45) is 0 Å². The molecule has 8 nitrogen and oxygen atoms in total. The summed E-state index contributed by atoms with van der Waals surface area (Å²) in [5.41, 5.74) is 2.78. The minimum atomic E-state index is -0.195. The molecule has 2 aromatic carbocycles. The number of benzene rings is 2. The van der Waals surface area contributed by atoms with Gasteiger partial charge in [-0.25, -0.2) is 9.67 Å². The van der Waals surface area contributed by atoms with Crippen LogP contribution in [0, 0.1) is 0 Å². The van der Waals surface area contributed by atoms with Gasteiger partial charge in [-0.1, -0.05) is 11.6 Å². The minimum absolute atomic E-state index is 0.111. The lowest BCUT2D eigenvalue weighted by molar-refractivity contribution is -0.122. The van der Waals surface area contributed by atoms with E-state index in [1.54, 1.807) is 14.2 Å². The second kappa shape index (κ2) is 8.62. The molecule has 2 heterocycles. The number of nitrogens with zero attached hydrogens (tertiary/aromatic N) is 3. The largest absolute Gasteiger partial charge is 0.497 e. The third-order valence-corrected chi connectivity index (χ3v) is 5.15. The lowest BCUT2D eigenvalue weighted by Crippen LogP contribution is -2.36. The summed E-state index contributed by atoms with van der Waals surface area (Å²) in [4.78, 5) is 15.9. The highest BCUT2D eigenvalue weighted by Gasteiger charge is 2.27. The molecule has 4 rings (SSSR count). The van der Waals surface area contributed by atoms with Crippen LogP contribution in [0.5, 0.6) is 17.2 Å². The summed E-state index contributed by atoms with van der Waals surface area (Å²) in [5, 5.41) is 7.30. The van der Waals surface area contributed by atoms with Crippen LogP contribution in [0.1, 0.15) is 5.56 Å². The number of amides is 1. The van der Waals surface area contributed by atoms with Gasteiger partial charge < -0.3 is 19.5 Å². The molecule has 156 valence electrons. The molecule has 0 spiro atoms. The number of rotatable bonds is 7. The van der Waals surface area contributed by atoms with Gasteiger partial charge in [-0.05, 0) is 35.9 Å². The zero-order valence-corrected chi connectivity index (χ0v) is 17.3. The van der Waals surface area contributed by atoms with Crippen molar-refractivity contribution in [2.45, 2.75) is 19.1 Å². The third kappa shape index (κ3) is 4.18. The Morgan fingerprint density at radius 2 is 2.17 bits per heavy atom. The molecule has 1 aliphatic heterocycles. The number of aromatic nitrogens is 3. The van der Waals surface area contributed by atoms with Gasteiger partial charge in [-0.3, -0.25) is 4.79 Å². The number of methoxy groups -OCH3 is 2. The van der Waals surface area contributed by atoms with Crippen LogP contribution in [0.3, 0.4) is 0 Å². The van der Waals surface area contributed by atoms with Crippen LogP contribution >= 0.6 is 11.6 Å². The molecule has 9 heteroatoms. The van der Waals surface area contributed by atoms with E-state index >= 15 is 0 Å². The molecule has 0 unspecified atom stereocenters. The quantitative estimate of drug-likeness (QED) is 0.622. The molecule has 0 saturated carbocycles. The Kier molecular flexibility index (Phi) is 5.76. The molecule has 1 atom stereocenters. The predicted octanol–water partition coefficient (Wildman–Crippen LogP) is 2.74. The second-order valence-electron chi connectivity index (χ2n) is 6.85. The van der Waals surface area contributed by atoms with Crippen molar-refractivity contribution >= 4 is 17.5 Å². The average molecular weight is 429 g/mol. The van der Waals surface area contributed by atoms with Gasteiger partial charge in [-0.15, -0.1) is 0 Å². The molecule has 0 bridgehead atoms. The molecule has 1 aromatic heterocycles. The first-order chi connectivity index (χ1) is 14.6. The Bertz CT molecular complexity index is 1060. The van der Waals surface area contributed by atoms with E-state index in [0.29, 0.717) is 23.7 Å². The zero-order valence-electron chi connectivity index (χ0n) is 16.6. The fourth-order valence-electron chi connectivity index (χ4n) is 3.44. The molecule has 0 fully saturated rings. The number of ether oxygens (including phenoxy) is 3. The Morgan fingerprint density at radius 3 is 2.90 bits per heavy atom. The third-order valence-electron chi connectivity index (χ3n) is 4.87. The van der Waals surface area contributed by atoms with Gasteiger partial charge in [0, 0.05) is 17.5 Å². The monoisotopic (exact) mass is 428 g/mol. The number of hydrogen-bond donors (Lipinski definition) is 1. The van der Waals surface area contributed by atoms with Crippen LogP contribution < -0.4 is 19.5 Å². The lowest BCUT2D eigenvalue weighted by Gasteiger charge is -2.13. The van der Waals surface area contributed by atoms with Crippen molar-refractivity contribution in [1.82, 2.24) is 20.1 Å². The summed E-state index contributed by atoms with van der Waals surface area (Å²) in [6.07, 6.45) is 3.33. The molecule has 0 aliphatic carbocycles. The SMILES string of the molecule is COc1ccc(OC)c(-c2cc(Cl)c3c(c2)C[C@@H](CNC(=O)Cn2cncn2)O3)c1. The van der Waals surface area contributed by atoms with Crippen LogP contribution in [-0.2, 0) is 17.8 Å². The predicted molar refractivity (Wildman–Crippen MR) is 111 cm³/mol. The van der Waals surface area contributed by atoms with E-state index in [4.69, 9.17) is 25.8 Å². The first-order valence-electron chi connectivity index (χ1n) is 9.38. The number of carbonyl (C=O) groups is 1. The standard InChI is InChI=1S/C21H21ClN4O4/c1-28-15-3-4-19(29-2)17(8-15)13-5-14-6-16(30-21(14)18(22)7-13)9-24-20(27)10-26-12-23-11-25-26/h3-5,7-8,11-12,16H,6,9-10H2,1-2H3,(H,24,27)/t16-/m0/s1. The zero-order chi connectivity index (χ0) is 21.1. The van der Waals surface area contributed by atoms with Gasteiger partial charge in [0.15, 0.2) is 0 Å². The number of nitrogens with one attached hydrogen (secondary N) is 1. The smallest absolute Gasteiger partial charge is 0.241 e. The van der Waals surface area contributed by atoms with E-state index in [-0.39, 0.29) is 18.6 Å². The normalized spacial score (nSPS) is 14.7. The van der Waals surface area contributed by atoms with Gasteiger partial charge >= 0.3 is 0 Å². The van der Waals surface area contributed by atoms with Gasteiger partial charge in [0.25, 0.3) is 0 Å². The number of halogens is 1. The summed E-state index contributed by atoms with van der Waals surface area (Å²) < 4.78 is 18.3. The molecule has 0 radical (unpaired) electrons. The van der Waals surface area contributed by atoms with Crippen LogP contribution in [0.2, 0.25) is 5.02 Å². The fraction of sp³-hybridized carbons (Fsp3) is 0.286. The molecular weight excluding hydrogens is 408 g/mol. The maximum absolute atomic E-state index is 12.1. The van der Waals surface area contributed by atoms with Crippen LogP contribution in [0.15, 0.2) is 43.0 Å². The van der Waals surface area contributed by atoms with Crippen molar-refractivity contribution in [3.63, 3.8) is 0 Å². The summed E-state index contributed by atoms with van der Waals surface area (Å²) in [5.74, 6) is 1.94. The topological polar surface area (TPSA) is 87.5 Å². The average Bonchev–Trinajstić information content (AvgIpc) is 3.41. The number of hydrogen-bond acceptors (Lipinski definition) is 6. The Hall–Kier alpha value is -3.26. The van der Waals surface area contributed by atoms with Gasteiger partial charge in [0.1, 0.15) is 42.6 Å². The molecule has 3 aromatic rings. The van der Waals surface area contributed by atoms with E-state index in [1.807, 2.05) is 30.3 Å². The second-order valence-corrected chi connectivity index (χ2v) is 7.26. The maximum atomic E-state index is 12.1. The first kappa shape index (κ1) is 20.0. The van der Waals surface area contributed by atoms with Gasteiger partial charge in [-0.2, -0.15) is 5.10 Å². The Balaban J connectivity index is 1.48. The fourth-order valence-corrected chi connectivity index (χ4v) is 3.73. The van der Waals surface area contributed by atoms with Crippen molar-refractivity contribution in [2.75, 3.05) is 20.8 Å². The molecule has 1 amide bonds. The molecule has 0 saturated heterocycles. The van der Waals surface area contributed by atoms with Crippen molar-refractivity contribution in [3.8, 4) is 28.4 Å². The van der Waals surface area contributed by atoms with E-state index in [1.165, 1.54) is 17.3 Å². The summed E-state index contributed by atoms with van der Waals surface area (Å²) in [6.45, 7) is 0.483. The van der Waals surface area contributed by atoms with Crippen LogP contribution in [0.4, 0.5) is 0 Å². The highest BCUT2D eigenvalue weighted by Crippen LogP contribution is 2.42. The number of carbonyl (C=O) groups excluding carboxylic acids is 1. The molecule has 30 heavy (non-hydrogen) atoms. The van der Waals surface area contributed by atoms with Crippen LogP contribution in [-0.4, -0.2) is 47.5 Å². The summed E-state index contributed by atoms with van der Waals surface area (Å²) in [7, 11) is 3.25. The molecule has 1 aliphatic rings. The molecular formula is C21H21ClN4O4. The van der Waals surface area contributed by atoms with E-state index < -0.39 is 0 Å². The highest BCUT2D eigenvalue weighted by molar-refractivity contribution is 6.32. The maximum Gasteiger partial charge on any atom is 0.241 e. The Morgan fingerprint density at radius 1 is 1.30 bits per heavy atom. The van der Waals surface area contributed by atoms with Crippen molar-refractivity contribution < 1.29 is 19.0 Å². The molecule has 1 N–H and O–H groups in total.